The quantitative estimate of drug-likeness (QED) is 0.434. The van der Waals surface area contributed by atoms with Crippen LogP contribution in [0.3, 0.4) is 0 Å². The number of nitrogens with zero attached hydrogens (tertiary/aromatic N) is 2. The smallest absolute Gasteiger partial charge is 0.191 e. The van der Waals surface area contributed by atoms with Crippen LogP contribution in [0.5, 0.6) is 0 Å². The largest absolute Gasteiger partial charge is 0.387 e. The van der Waals surface area contributed by atoms with Gasteiger partial charge < -0.3 is 25.5 Å². The van der Waals surface area contributed by atoms with E-state index >= 15 is 0 Å². The lowest BCUT2D eigenvalue weighted by atomic mass is 10.1. The molecule has 148 valence electrons. The first-order valence-electron chi connectivity index (χ1n) is 9.67. The first kappa shape index (κ1) is 19.7. The van der Waals surface area contributed by atoms with Crippen molar-refractivity contribution in [1.29, 1.82) is 0 Å². The van der Waals surface area contributed by atoms with E-state index in [4.69, 9.17) is 4.74 Å². The number of H-pyrrole nitrogens is 1. The number of para-hydroxylation sites is 1. The number of fused-ring (bicyclic) bond motifs is 1. The van der Waals surface area contributed by atoms with Gasteiger partial charge in [0, 0.05) is 43.9 Å². The zero-order chi connectivity index (χ0) is 19.1. The second kappa shape index (κ2) is 9.21. The summed E-state index contributed by atoms with van der Waals surface area (Å²) in [7, 11) is 0. The number of ether oxygens (including phenoxy) is 1. The molecule has 2 aromatic rings. The topological polar surface area (TPSA) is 84.9 Å². The summed E-state index contributed by atoms with van der Waals surface area (Å²) in [5, 5.41) is 18.4. The molecule has 3 rings (SSSR count). The molecule has 0 bridgehead atoms. The molecule has 0 aliphatic carbocycles. The van der Waals surface area contributed by atoms with Gasteiger partial charge >= 0.3 is 0 Å². The number of morpholine rings is 1. The van der Waals surface area contributed by atoms with Gasteiger partial charge in [0.15, 0.2) is 5.96 Å². The monoisotopic (exact) mass is 373 g/mol. The number of aliphatic imine (C=N–C) groups is 1. The molecule has 1 aromatic carbocycles. The third-order valence-electron chi connectivity index (χ3n) is 4.64. The lowest BCUT2D eigenvalue weighted by Gasteiger charge is -2.34. The van der Waals surface area contributed by atoms with Gasteiger partial charge in [-0.25, -0.2) is 4.99 Å². The molecule has 7 heteroatoms. The Hall–Kier alpha value is -2.09. The predicted molar refractivity (Wildman–Crippen MR) is 109 cm³/mol. The van der Waals surface area contributed by atoms with Crippen LogP contribution in [-0.2, 0) is 11.3 Å². The number of aromatic nitrogens is 1. The third kappa shape index (κ3) is 5.95. The Bertz CT molecular complexity index is 717. The summed E-state index contributed by atoms with van der Waals surface area (Å²) in [6.07, 6.45) is 0. The first-order chi connectivity index (χ1) is 13.1. The van der Waals surface area contributed by atoms with Crippen molar-refractivity contribution in [2.45, 2.75) is 26.0 Å². The van der Waals surface area contributed by atoms with Crippen LogP contribution in [0.25, 0.3) is 10.9 Å². The average molecular weight is 374 g/mol. The van der Waals surface area contributed by atoms with E-state index in [2.05, 4.69) is 43.7 Å². The Balaban J connectivity index is 1.56. The van der Waals surface area contributed by atoms with E-state index in [1.165, 1.54) is 5.39 Å². The van der Waals surface area contributed by atoms with Gasteiger partial charge in [-0.1, -0.05) is 18.2 Å². The Labute approximate surface area is 160 Å². The molecule has 2 heterocycles. The third-order valence-corrected chi connectivity index (χ3v) is 4.64. The fourth-order valence-electron chi connectivity index (χ4n) is 3.30. The molecule has 4 N–H and O–H groups in total. The van der Waals surface area contributed by atoms with E-state index in [1.54, 1.807) is 0 Å². The van der Waals surface area contributed by atoms with Crippen molar-refractivity contribution in [1.82, 2.24) is 20.5 Å². The molecule has 1 saturated heterocycles. The molecule has 1 aliphatic heterocycles. The highest BCUT2D eigenvalue weighted by molar-refractivity contribution is 5.81. The normalized spacial score (nSPS) is 18.4. The Kier molecular flexibility index (Phi) is 6.71. The van der Waals surface area contributed by atoms with Gasteiger partial charge in [-0.3, -0.25) is 4.90 Å². The van der Waals surface area contributed by atoms with Crippen molar-refractivity contribution in [3.05, 3.63) is 36.0 Å². The van der Waals surface area contributed by atoms with Crippen molar-refractivity contribution in [3.8, 4) is 0 Å². The lowest BCUT2D eigenvalue weighted by molar-refractivity contribution is -0.0201. The molecule has 7 nitrogen and oxygen atoms in total. The van der Waals surface area contributed by atoms with Crippen molar-refractivity contribution in [2.75, 3.05) is 45.9 Å². The fourth-order valence-corrected chi connectivity index (χ4v) is 3.30. The number of β-amino-alcohol motifs (C(OH)–C–C–N with tert-alkyl or cyclic N) is 1. The molecule has 1 aliphatic rings. The first-order valence-corrected chi connectivity index (χ1v) is 9.67. The fraction of sp³-hybridized carbons (Fsp3) is 0.550. The minimum absolute atomic E-state index is 0.433. The number of benzene rings is 1. The molecular weight excluding hydrogens is 342 g/mol. The SMILES string of the molecule is CCNC(=NCc1cc2ccccc2[nH]1)NCC(C)(O)CN1CCOCC1. The van der Waals surface area contributed by atoms with Crippen LogP contribution < -0.4 is 10.6 Å². The van der Waals surface area contributed by atoms with Crippen molar-refractivity contribution in [2.24, 2.45) is 4.99 Å². The maximum atomic E-state index is 10.7. The number of aromatic amines is 1. The second-order valence-electron chi connectivity index (χ2n) is 7.32. The second-order valence-corrected chi connectivity index (χ2v) is 7.32. The molecule has 1 atom stereocenters. The predicted octanol–water partition coefficient (Wildman–Crippen LogP) is 1.31. The van der Waals surface area contributed by atoms with Gasteiger partial charge in [0.25, 0.3) is 0 Å². The van der Waals surface area contributed by atoms with Crippen LogP contribution >= 0.6 is 0 Å². The number of hydrogen-bond donors (Lipinski definition) is 4. The molecule has 0 radical (unpaired) electrons. The van der Waals surface area contributed by atoms with Gasteiger partial charge in [0.1, 0.15) is 0 Å². The van der Waals surface area contributed by atoms with Crippen LogP contribution in [0.1, 0.15) is 19.5 Å². The van der Waals surface area contributed by atoms with Crippen molar-refractivity contribution in [3.63, 3.8) is 0 Å². The van der Waals surface area contributed by atoms with E-state index in [0.29, 0.717) is 25.6 Å². The number of nitrogens with one attached hydrogen (secondary N) is 3. The molecule has 1 unspecified atom stereocenters. The number of rotatable bonds is 7. The zero-order valence-electron chi connectivity index (χ0n) is 16.3. The van der Waals surface area contributed by atoms with Crippen LogP contribution in [-0.4, -0.2) is 72.5 Å². The maximum absolute atomic E-state index is 10.7. The maximum Gasteiger partial charge on any atom is 0.191 e. The number of guanidine groups is 1. The van der Waals surface area contributed by atoms with Gasteiger partial charge in [-0.05, 0) is 31.4 Å². The van der Waals surface area contributed by atoms with Gasteiger partial charge in [0.2, 0.25) is 0 Å². The highest BCUT2D eigenvalue weighted by atomic mass is 16.5. The highest BCUT2D eigenvalue weighted by Crippen LogP contribution is 2.15. The summed E-state index contributed by atoms with van der Waals surface area (Å²) in [5.74, 6) is 0.707. The highest BCUT2D eigenvalue weighted by Gasteiger charge is 2.25. The Morgan fingerprint density at radius 2 is 2.07 bits per heavy atom. The van der Waals surface area contributed by atoms with Crippen LogP contribution in [0.4, 0.5) is 0 Å². The molecular formula is C20H31N5O2. The minimum Gasteiger partial charge on any atom is -0.387 e. The van der Waals surface area contributed by atoms with E-state index in [9.17, 15) is 5.11 Å². The van der Waals surface area contributed by atoms with Crippen LogP contribution in [0.15, 0.2) is 35.3 Å². The summed E-state index contributed by atoms with van der Waals surface area (Å²) < 4.78 is 5.37. The molecule has 0 amide bonds. The average Bonchev–Trinajstić information content (AvgIpc) is 3.07. The number of hydrogen-bond acceptors (Lipinski definition) is 4. The summed E-state index contributed by atoms with van der Waals surface area (Å²) in [6.45, 7) is 9.46. The van der Waals surface area contributed by atoms with E-state index in [-0.39, 0.29) is 0 Å². The van der Waals surface area contributed by atoms with E-state index < -0.39 is 5.60 Å². The summed E-state index contributed by atoms with van der Waals surface area (Å²) in [4.78, 5) is 10.3. The standard InChI is InChI=1S/C20H31N5O2/c1-3-21-19(22-13-17-12-16-6-4-5-7-18(16)24-17)23-14-20(2,26)15-25-8-10-27-11-9-25/h4-7,12,24,26H,3,8-11,13-15H2,1-2H3,(H2,21,22,23). The van der Waals surface area contributed by atoms with Crippen LogP contribution in [0.2, 0.25) is 0 Å². The summed E-state index contributed by atoms with van der Waals surface area (Å²) in [5.41, 5.74) is 1.34. The minimum atomic E-state index is -0.839. The van der Waals surface area contributed by atoms with Crippen molar-refractivity contribution < 1.29 is 9.84 Å². The van der Waals surface area contributed by atoms with Gasteiger partial charge in [0.05, 0.1) is 25.4 Å². The molecule has 1 aromatic heterocycles. The van der Waals surface area contributed by atoms with Crippen LogP contribution in [0, 0.1) is 0 Å². The molecule has 27 heavy (non-hydrogen) atoms. The Morgan fingerprint density at radius 1 is 1.30 bits per heavy atom. The summed E-state index contributed by atoms with van der Waals surface area (Å²) >= 11 is 0. The van der Waals surface area contributed by atoms with Gasteiger partial charge in [-0.15, -0.1) is 0 Å². The van der Waals surface area contributed by atoms with E-state index in [0.717, 1.165) is 44.1 Å². The number of aliphatic hydroxyl groups is 1. The van der Waals surface area contributed by atoms with Crippen molar-refractivity contribution >= 4 is 16.9 Å². The Morgan fingerprint density at radius 3 is 2.81 bits per heavy atom. The molecule has 0 saturated carbocycles. The van der Waals surface area contributed by atoms with Gasteiger partial charge in [-0.2, -0.15) is 0 Å². The molecule has 1 fully saturated rings. The zero-order valence-corrected chi connectivity index (χ0v) is 16.3. The lowest BCUT2D eigenvalue weighted by Crippen LogP contribution is -2.52. The summed E-state index contributed by atoms with van der Waals surface area (Å²) in [6, 6.07) is 10.3. The van der Waals surface area contributed by atoms with E-state index in [1.807, 2.05) is 26.0 Å². The molecule has 0 spiro atoms.